The molecule has 2 rings (SSSR count). The highest BCUT2D eigenvalue weighted by Gasteiger charge is 2.14. The second-order valence-electron chi connectivity index (χ2n) is 4.41. The van der Waals surface area contributed by atoms with Gasteiger partial charge < -0.3 is 0 Å². The van der Waals surface area contributed by atoms with E-state index in [0.29, 0.717) is 11.4 Å². The molecule has 6 nitrogen and oxygen atoms in total. The minimum atomic E-state index is -4.23. The van der Waals surface area contributed by atoms with Crippen molar-refractivity contribution < 1.29 is 17.0 Å². The maximum absolute atomic E-state index is 11.6. The Morgan fingerprint density at radius 2 is 1.14 bits per heavy atom. The van der Waals surface area contributed by atoms with Crippen molar-refractivity contribution in [1.82, 2.24) is 0 Å². The maximum Gasteiger partial charge on any atom is 0.441 e. The molecule has 0 aliphatic rings. The van der Waals surface area contributed by atoms with Gasteiger partial charge in [0.05, 0.1) is 11.4 Å². The van der Waals surface area contributed by atoms with Gasteiger partial charge >= 0.3 is 10.4 Å². The first kappa shape index (κ1) is 15.3. The highest BCUT2D eigenvalue weighted by atomic mass is 32.3. The number of hydrogen-bond donors (Lipinski definition) is 2. The third-order valence-electron chi connectivity index (χ3n) is 2.80. The monoisotopic (exact) mass is 308 g/mol. The molecule has 2 N–H and O–H groups in total. The van der Waals surface area contributed by atoms with Crippen LogP contribution in [0.3, 0.4) is 0 Å². The molecule has 0 heterocycles. The summed E-state index contributed by atoms with van der Waals surface area (Å²) in [4.78, 5) is 0. The van der Waals surface area contributed by atoms with Crippen molar-refractivity contribution in [2.75, 3.05) is 11.0 Å². The van der Waals surface area contributed by atoms with E-state index in [1.165, 1.54) is 0 Å². The number of anilines is 2. The minimum Gasteiger partial charge on any atom is -0.247 e. The predicted molar refractivity (Wildman–Crippen MR) is 80.7 cm³/mol. The minimum absolute atomic E-state index is 0.542. The Hall–Kier alpha value is -2.09. The molecule has 0 saturated heterocycles. The molecule has 0 bridgehead atoms. The van der Waals surface area contributed by atoms with E-state index in [0.717, 1.165) is 11.1 Å². The molecule has 2 aromatic rings. The van der Waals surface area contributed by atoms with Gasteiger partial charge in [-0.3, -0.25) is 0 Å². The molecule has 2 aromatic carbocycles. The summed E-state index contributed by atoms with van der Waals surface area (Å²) in [5, 5.41) is 0. The third kappa shape index (κ3) is 4.45. The largest absolute Gasteiger partial charge is 0.441 e. The lowest BCUT2D eigenvalue weighted by atomic mass is 10.2. The first-order valence-electron chi connectivity index (χ1n) is 6.23. The van der Waals surface area contributed by atoms with E-state index in [1.54, 1.807) is 24.3 Å². The zero-order valence-corrected chi connectivity index (χ0v) is 12.5. The highest BCUT2D eigenvalue weighted by molar-refractivity contribution is 7.81. The van der Waals surface area contributed by atoms with Crippen LogP contribution in [0.25, 0.3) is 0 Å². The van der Waals surface area contributed by atoms with Crippen molar-refractivity contribution in [3.63, 3.8) is 0 Å². The first-order chi connectivity index (χ1) is 9.98. The summed E-state index contributed by atoms with van der Waals surface area (Å²) in [6.45, 7) is 3.65. The second kappa shape index (κ2) is 6.57. The Balaban J connectivity index is 1.94. The zero-order valence-electron chi connectivity index (χ0n) is 11.7. The summed E-state index contributed by atoms with van der Waals surface area (Å²) in [6.07, 6.45) is 0. The summed E-state index contributed by atoms with van der Waals surface area (Å²) in [5.74, 6) is 0. The van der Waals surface area contributed by atoms with Crippen LogP contribution < -0.4 is 11.0 Å². The normalized spacial score (nSPS) is 11.1. The Morgan fingerprint density at radius 1 is 0.762 bits per heavy atom. The van der Waals surface area contributed by atoms with Gasteiger partial charge in [-0.25, -0.2) is 11.0 Å². The van der Waals surface area contributed by atoms with Gasteiger partial charge in [-0.15, -0.1) is 8.57 Å². The lowest BCUT2D eigenvalue weighted by Gasteiger charge is -2.11. The third-order valence-corrected chi connectivity index (χ3v) is 3.37. The molecule has 0 atom stereocenters. The van der Waals surface area contributed by atoms with Crippen LogP contribution in [-0.4, -0.2) is 8.42 Å². The van der Waals surface area contributed by atoms with Crippen molar-refractivity contribution >= 4 is 21.8 Å². The van der Waals surface area contributed by atoms with Gasteiger partial charge in [-0.05, 0) is 37.1 Å². The Bertz CT molecular complexity index is 661. The fourth-order valence-corrected chi connectivity index (χ4v) is 2.00. The van der Waals surface area contributed by atoms with Crippen molar-refractivity contribution in [2.24, 2.45) is 0 Å². The van der Waals surface area contributed by atoms with Gasteiger partial charge in [-0.1, -0.05) is 36.4 Å². The van der Waals surface area contributed by atoms with Crippen LogP contribution >= 0.6 is 0 Å². The number of rotatable bonds is 6. The van der Waals surface area contributed by atoms with Gasteiger partial charge in [0.25, 0.3) is 0 Å². The molecular weight excluding hydrogens is 292 g/mol. The summed E-state index contributed by atoms with van der Waals surface area (Å²) in [5.41, 5.74) is 7.48. The standard InChI is InChI=1S/C14H16N2O4S/c1-11-7-3-5-9-13(11)15-19-21(17,18)20-16-14-10-6-4-8-12(14)2/h3-10,15-16H,1-2H3. The molecule has 0 fully saturated rings. The molecule has 0 saturated carbocycles. The Labute approximate surface area is 123 Å². The lowest BCUT2D eigenvalue weighted by Crippen LogP contribution is -2.18. The fraction of sp³-hybridized carbons (Fsp3) is 0.143. The number of hydrogen-bond acceptors (Lipinski definition) is 6. The van der Waals surface area contributed by atoms with E-state index < -0.39 is 10.4 Å². The average Bonchev–Trinajstić information content (AvgIpc) is 2.46. The average molecular weight is 308 g/mol. The number of nitrogens with one attached hydrogen (secondary N) is 2. The van der Waals surface area contributed by atoms with Gasteiger partial charge in [0.1, 0.15) is 0 Å². The van der Waals surface area contributed by atoms with Gasteiger partial charge in [0, 0.05) is 0 Å². The van der Waals surface area contributed by atoms with Gasteiger partial charge in [0.2, 0.25) is 0 Å². The van der Waals surface area contributed by atoms with E-state index in [4.69, 9.17) is 0 Å². The summed E-state index contributed by atoms with van der Waals surface area (Å²) in [6, 6.07) is 14.2. The summed E-state index contributed by atoms with van der Waals surface area (Å²) < 4.78 is 32.5. The predicted octanol–water partition coefficient (Wildman–Crippen LogP) is 2.94. The molecule has 0 spiro atoms. The number of aryl methyl sites for hydroxylation is 2. The summed E-state index contributed by atoms with van der Waals surface area (Å²) in [7, 11) is -4.23. The maximum atomic E-state index is 11.6. The molecule has 0 amide bonds. The summed E-state index contributed by atoms with van der Waals surface area (Å²) >= 11 is 0. The van der Waals surface area contributed by atoms with Crippen molar-refractivity contribution in [3.05, 3.63) is 59.7 Å². The quantitative estimate of drug-likeness (QED) is 0.799. The van der Waals surface area contributed by atoms with Crippen LogP contribution in [0, 0.1) is 13.8 Å². The first-order valence-corrected chi connectivity index (χ1v) is 7.56. The molecule has 112 valence electrons. The van der Waals surface area contributed by atoms with E-state index in [-0.39, 0.29) is 0 Å². The SMILES string of the molecule is Cc1ccccc1NOS(=O)(=O)ONc1ccccc1C. The Morgan fingerprint density at radius 3 is 1.52 bits per heavy atom. The van der Waals surface area contributed by atoms with Crippen LogP contribution in [0.1, 0.15) is 11.1 Å². The molecule has 7 heteroatoms. The van der Waals surface area contributed by atoms with E-state index in [2.05, 4.69) is 19.5 Å². The van der Waals surface area contributed by atoms with Crippen molar-refractivity contribution in [2.45, 2.75) is 13.8 Å². The molecule has 0 aliphatic carbocycles. The van der Waals surface area contributed by atoms with E-state index in [1.807, 2.05) is 38.1 Å². The fourth-order valence-electron chi connectivity index (χ4n) is 1.58. The molecule has 0 aromatic heterocycles. The molecule has 0 aliphatic heterocycles. The van der Waals surface area contributed by atoms with Crippen LogP contribution in [-0.2, 0) is 19.0 Å². The van der Waals surface area contributed by atoms with Crippen LogP contribution in [0.15, 0.2) is 48.5 Å². The topological polar surface area (TPSA) is 76.7 Å². The van der Waals surface area contributed by atoms with E-state index in [9.17, 15) is 8.42 Å². The van der Waals surface area contributed by atoms with Crippen LogP contribution in [0.2, 0.25) is 0 Å². The molecule has 0 radical (unpaired) electrons. The number of benzene rings is 2. The molecular formula is C14H16N2O4S. The highest BCUT2D eigenvalue weighted by Crippen LogP contribution is 2.16. The second-order valence-corrected chi connectivity index (χ2v) is 5.56. The smallest absolute Gasteiger partial charge is 0.247 e. The van der Waals surface area contributed by atoms with Crippen molar-refractivity contribution in [3.8, 4) is 0 Å². The van der Waals surface area contributed by atoms with Gasteiger partial charge in [-0.2, -0.15) is 8.42 Å². The zero-order chi connectivity index (χ0) is 15.3. The molecule has 0 unspecified atom stereocenters. The van der Waals surface area contributed by atoms with Crippen LogP contribution in [0.4, 0.5) is 11.4 Å². The van der Waals surface area contributed by atoms with Gasteiger partial charge in [0.15, 0.2) is 0 Å². The number of para-hydroxylation sites is 2. The van der Waals surface area contributed by atoms with Crippen molar-refractivity contribution in [1.29, 1.82) is 0 Å². The van der Waals surface area contributed by atoms with Crippen LogP contribution in [0.5, 0.6) is 0 Å². The molecule has 21 heavy (non-hydrogen) atoms. The van der Waals surface area contributed by atoms with E-state index >= 15 is 0 Å². The lowest BCUT2D eigenvalue weighted by molar-refractivity contribution is 0.280. The Kier molecular flexibility index (Phi) is 4.79.